The van der Waals surface area contributed by atoms with Crippen LogP contribution in [0.15, 0.2) is 24.3 Å². The highest BCUT2D eigenvalue weighted by atomic mass is 35.5. The molecule has 2 aliphatic heterocycles. The van der Waals surface area contributed by atoms with Crippen molar-refractivity contribution in [1.82, 2.24) is 10.2 Å². The van der Waals surface area contributed by atoms with Crippen LogP contribution in [0.5, 0.6) is 0 Å². The lowest BCUT2D eigenvalue weighted by atomic mass is 10.1. The van der Waals surface area contributed by atoms with Crippen LogP contribution in [0.1, 0.15) is 29.6 Å². The van der Waals surface area contributed by atoms with Gasteiger partial charge in [0.05, 0.1) is 24.5 Å². The number of hydrogen-bond donors (Lipinski definition) is 2. The Morgan fingerprint density at radius 2 is 2.00 bits per heavy atom. The number of amides is 2. The second-order valence-corrected chi connectivity index (χ2v) is 6.00. The van der Waals surface area contributed by atoms with E-state index in [1.807, 2.05) is 12.1 Å². The van der Waals surface area contributed by atoms with Crippen molar-refractivity contribution in [3.05, 3.63) is 29.8 Å². The minimum Gasteiger partial charge on any atom is -0.378 e. The first-order chi connectivity index (χ1) is 11.2. The number of nitrogens with zero attached hydrogens (tertiary/aromatic N) is 1. The van der Waals surface area contributed by atoms with Gasteiger partial charge in [-0.15, -0.1) is 12.4 Å². The monoisotopic (exact) mass is 353 g/mol. The van der Waals surface area contributed by atoms with Gasteiger partial charge in [0.25, 0.3) is 5.91 Å². The van der Waals surface area contributed by atoms with Gasteiger partial charge in [0, 0.05) is 25.6 Å². The predicted octanol–water partition coefficient (Wildman–Crippen LogP) is 1.66. The highest BCUT2D eigenvalue weighted by Crippen LogP contribution is 2.19. The van der Waals surface area contributed by atoms with Gasteiger partial charge in [-0.3, -0.25) is 9.59 Å². The van der Waals surface area contributed by atoms with Crippen LogP contribution in [0.4, 0.5) is 5.69 Å². The first kappa shape index (κ1) is 18.7. The number of rotatable bonds is 4. The second-order valence-electron chi connectivity index (χ2n) is 6.00. The number of nitrogens with one attached hydrogen (secondary N) is 2. The van der Waals surface area contributed by atoms with E-state index in [0.717, 1.165) is 19.4 Å². The van der Waals surface area contributed by atoms with E-state index in [1.54, 1.807) is 17.0 Å². The first-order valence-electron chi connectivity index (χ1n) is 8.23. The van der Waals surface area contributed by atoms with Gasteiger partial charge in [0.2, 0.25) is 5.91 Å². The molecule has 6 nitrogen and oxygen atoms in total. The molecule has 132 valence electrons. The number of ether oxygens (including phenoxy) is 1. The number of morpholine rings is 1. The Morgan fingerprint density at radius 3 is 2.71 bits per heavy atom. The maximum atomic E-state index is 12.7. The fourth-order valence-corrected chi connectivity index (χ4v) is 3.07. The number of carbonyl (C=O) groups excluding carboxylic acids is 2. The number of anilines is 1. The molecule has 1 atom stereocenters. The van der Waals surface area contributed by atoms with Crippen LogP contribution >= 0.6 is 12.4 Å². The summed E-state index contributed by atoms with van der Waals surface area (Å²) < 4.78 is 5.28. The van der Waals surface area contributed by atoms with Crippen LogP contribution in [0.25, 0.3) is 0 Å². The lowest BCUT2D eigenvalue weighted by molar-refractivity contribution is -0.116. The molecule has 1 aromatic rings. The summed E-state index contributed by atoms with van der Waals surface area (Å²) in [5, 5.41) is 6.21. The zero-order valence-corrected chi connectivity index (χ0v) is 14.4. The summed E-state index contributed by atoms with van der Waals surface area (Å²) in [6.45, 7) is 3.28. The summed E-state index contributed by atoms with van der Waals surface area (Å²) >= 11 is 0. The molecule has 2 amide bonds. The predicted molar refractivity (Wildman–Crippen MR) is 94.7 cm³/mol. The normalized spacial score (nSPS) is 20.3. The minimum absolute atomic E-state index is 0. The zero-order chi connectivity index (χ0) is 16.1. The van der Waals surface area contributed by atoms with Gasteiger partial charge < -0.3 is 20.3 Å². The fraction of sp³-hybridized carbons (Fsp3) is 0.529. The van der Waals surface area contributed by atoms with Crippen LogP contribution in [0, 0.1) is 0 Å². The van der Waals surface area contributed by atoms with E-state index in [9.17, 15) is 9.59 Å². The summed E-state index contributed by atoms with van der Waals surface area (Å²) in [7, 11) is 0. The Kier molecular flexibility index (Phi) is 7.02. The number of halogens is 1. The van der Waals surface area contributed by atoms with Crippen molar-refractivity contribution in [2.75, 3.05) is 38.2 Å². The molecule has 0 aromatic heterocycles. The van der Waals surface area contributed by atoms with Crippen molar-refractivity contribution in [3.8, 4) is 0 Å². The SMILES string of the molecule is Cl.O=C(CC1CCCN1)Nc1ccccc1C(=O)N1CCOCC1. The largest absolute Gasteiger partial charge is 0.378 e. The average Bonchev–Trinajstić information content (AvgIpc) is 3.08. The average molecular weight is 354 g/mol. The summed E-state index contributed by atoms with van der Waals surface area (Å²) in [5.41, 5.74) is 1.13. The van der Waals surface area contributed by atoms with E-state index < -0.39 is 0 Å². The molecule has 0 radical (unpaired) electrons. The maximum Gasteiger partial charge on any atom is 0.256 e. The van der Waals surface area contributed by atoms with E-state index in [1.165, 1.54) is 0 Å². The lowest BCUT2D eigenvalue weighted by Gasteiger charge is -2.27. The quantitative estimate of drug-likeness (QED) is 0.863. The van der Waals surface area contributed by atoms with Crippen LogP contribution in [0.2, 0.25) is 0 Å². The van der Waals surface area contributed by atoms with Crippen LogP contribution < -0.4 is 10.6 Å². The zero-order valence-electron chi connectivity index (χ0n) is 13.6. The molecule has 2 fully saturated rings. The van der Waals surface area contributed by atoms with Gasteiger partial charge in [-0.1, -0.05) is 12.1 Å². The minimum atomic E-state index is -0.0526. The fourth-order valence-electron chi connectivity index (χ4n) is 3.07. The van der Waals surface area contributed by atoms with Gasteiger partial charge >= 0.3 is 0 Å². The highest BCUT2D eigenvalue weighted by molar-refractivity contribution is 6.03. The maximum absolute atomic E-state index is 12.7. The van der Waals surface area contributed by atoms with E-state index in [-0.39, 0.29) is 30.3 Å². The van der Waals surface area contributed by atoms with Gasteiger partial charge in [-0.25, -0.2) is 0 Å². The molecule has 2 N–H and O–H groups in total. The Morgan fingerprint density at radius 1 is 1.25 bits per heavy atom. The first-order valence-corrected chi connectivity index (χ1v) is 8.23. The molecule has 24 heavy (non-hydrogen) atoms. The molecule has 2 saturated heterocycles. The summed E-state index contributed by atoms with van der Waals surface area (Å²) in [6, 6.07) is 7.45. The van der Waals surface area contributed by atoms with E-state index >= 15 is 0 Å². The van der Waals surface area contributed by atoms with Crippen molar-refractivity contribution in [3.63, 3.8) is 0 Å². The van der Waals surface area contributed by atoms with Crippen molar-refractivity contribution in [1.29, 1.82) is 0 Å². The van der Waals surface area contributed by atoms with Crippen molar-refractivity contribution < 1.29 is 14.3 Å². The Labute approximate surface area is 148 Å². The summed E-state index contributed by atoms with van der Waals surface area (Å²) in [6.07, 6.45) is 2.59. The third kappa shape index (κ3) is 4.69. The van der Waals surface area contributed by atoms with Crippen molar-refractivity contribution >= 4 is 29.9 Å². The lowest BCUT2D eigenvalue weighted by Crippen LogP contribution is -2.41. The van der Waals surface area contributed by atoms with Crippen LogP contribution in [-0.4, -0.2) is 55.6 Å². The van der Waals surface area contributed by atoms with Gasteiger partial charge in [0.1, 0.15) is 0 Å². The smallest absolute Gasteiger partial charge is 0.256 e. The summed E-state index contributed by atoms with van der Waals surface area (Å²) in [4.78, 5) is 26.6. The van der Waals surface area contributed by atoms with Crippen molar-refractivity contribution in [2.45, 2.75) is 25.3 Å². The molecule has 3 rings (SSSR count). The number of carbonyl (C=O) groups is 2. The highest BCUT2D eigenvalue weighted by Gasteiger charge is 2.22. The standard InChI is InChI=1S/C17H23N3O3.ClH/c21-16(12-13-4-3-7-18-13)19-15-6-2-1-5-14(15)17(22)20-8-10-23-11-9-20;/h1-2,5-6,13,18H,3-4,7-12H2,(H,19,21);1H. The molecular weight excluding hydrogens is 330 g/mol. The molecule has 2 heterocycles. The molecule has 0 spiro atoms. The Balaban J connectivity index is 0.00000208. The third-order valence-electron chi connectivity index (χ3n) is 4.32. The van der Waals surface area contributed by atoms with Gasteiger partial charge in [-0.2, -0.15) is 0 Å². The number of hydrogen-bond acceptors (Lipinski definition) is 4. The van der Waals surface area contributed by atoms with Gasteiger partial charge in [-0.05, 0) is 31.5 Å². The van der Waals surface area contributed by atoms with E-state index in [4.69, 9.17) is 4.74 Å². The third-order valence-corrected chi connectivity index (χ3v) is 4.32. The topological polar surface area (TPSA) is 70.7 Å². The molecular formula is C17H24ClN3O3. The Hall–Kier alpha value is -1.63. The van der Waals surface area contributed by atoms with Crippen LogP contribution in [0.3, 0.4) is 0 Å². The molecule has 1 aromatic carbocycles. The number of benzene rings is 1. The molecule has 1 unspecified atom stereocenters. The van der Waals surface area contributed by atoms with E-state index in [0.29, 0.717) is 44.0 Å². The number of para-hydroxylation sites is 1. The Bertz CT molecular complexity index is 570. The molecule has 2 aliphatic rings. The van der Waals surface area contributed by atoms with Crippen LogP contribution in [-0.2, 0) is 9.53 Å². The van der Waals surface area contributed by atoms with E-state index in [2.05, 4.69) is 10.6 Å². The summed E-state index contributed by atoms with van der Waals surface area (Å²) in [5.74, 6) is -0.102. The molecule has 0 saturated carbocycles. The second kappa shape index (κ2) is 9.01. The molecule has 0 aliphatic carbocycles. The van der Waals surface area contributed by atoms with Crippen molar-refractivity contribution in [2.24, 2.45) is 0 Å². The molecule has 0 bridgehead atoms. The van der Waals surface area contributed by atoms with Gasteiger partial charge in [0.15, 0.2) is 0 Å². The molecule has 7 heteroatoms.